The summed E-state index contributed by atoms with van der Waals surface area (Å²) in [6.07, 6.45) is 9.87. The molecule has 0 saturated heterocycles. The summed E-state index contributed by atoms with van der Waals surface area (Å²) in [4.78, 5) is 0. The van der Waals surface area contributed by atoms with Crippen LogP contribution in [0.15, 0.2) is 71.8 Å². The third-order valence-electron chi connectivity index (χ3n) is 14.2. The molecule has 2 aliphatic rings. The van der Waals surface area contributed by atoms with Gasteiger partial charge in [0.2, 0.25) is 0 Å². The van der Waals surface area contributed by atoms with Gasteiger partial charge in [0.1, 0.15) is 0 Å². The monoisotopic (exact) mass is 833 g/mol. The number of rotatable bonds is 12. The normalized spacial score (nSPS) is 17.2. The number of hydrogen-bond acceptors (Lipinski definition) is 0. The third-order valence-corrected chi connectivity index (χ3v) is 16.1. The summed E-state index contributed by atoms with van der Waals surface area (Å²) < 4.78 is 0. The van der Waals surface area contributed by atoms with Crippen molar-refractivity contribution in [1.29, 1.82) is 0 Å². The highest BCUT2D eigenvalue weighted by Gasteiger charge is 2.34. The molecular formula is C60H84Si. The fourth-order valence-electron chi connectivity index (χ4n) is 10.4. The maximum Gasteiger partial charge on any atom is 0.0218 e. The lowest BCUT2D eigenvalue weighted by Gasteiger charge is -2.27. The van der Waals surface area contributed by atoms with Crippen LogP contribution in [-0.4, -0.2) is 9.52 Å². The Morgan fingerprint density at radius 3 is 1.03 bits per heavy atom. The van der Waals surface area contributed by atoms with E-state index >= 15 is 0 Å². The van der Waals surface area contributed by atoms with Crippen molar-refractivity contribution in [3.05, 3.63) is 127 Å². The average Bonchev–Trinajstić information content (AvgIpc) is 3.72. The van der Waals surface area contributed by atoms with E-state index in [1.54, 1.807) is 22.3 Å². The van der Waals surface area contributed by atoms with Crippen LogP contribution in [-0.2, 0) is 34.5 Å². The van der Waals surface area contributed by atoms with Gasteiger partial charge in [0.25, 0.3) is 0 Å². The standard InChI is InChI=1S/C60H84Si/c1-19-21-39-23-25-47-51(55(39)41-27-43(57(7,8)9)31-44(28-41)58(10,11)12)33-49(37(3)4)53(47)35-61-36-54-48-26-24-40(22-20-2)56(52(48)34-50(54)38(5)6)42-29-45(59(13,14)15)32-46(30-42)60(16,17)18/h23-34,37-38,53-54H,19-22,35-36,61H2,1-18H3. The minimum Gasteiger partial charge on any atom is -0.0651 e. The predicted octanol–water partition coefficient (Wildman–Crippen LogP) is 17.1. The van der Waals surface area contributed by atoms with Gasteiger partial charge in [0, 0.05) is 21.4 Å². The van der Waals surface area contributed by atoms with Crippen LogP contribution in [0, 0.1) is 11.8 Å². The third kappa shape index (κ3) is 9.88. The molecule has 2 atom stereocenters. The summed E-state index contributed by atoms with van der Waals surface area (Å²) >= 11 is 0. The first-order valence-electron chi connectivity index (χ1n) is 24.4. The van der Waals surface area contributed by atoms with E-state index < -0.39 is 9.52 Å². The molecule has 2 unspecified atom stereocenters. The number of allylic oxidation sites excluding steroid dienone is 2. The van der Waals surface area contributed by atoms with Crippen molar-refractivity contribution in [2.45, 2.75) is 196 Å². The van der Waals surface area contributed by atoms with E-state index in [1.165, 1.54) is 78.8 Å². The Kier molecular flexibility index (Phi) is 13.6. The van der Waals surface area contributed by atoms with E-state index in [-0.39, 0.29) is 21.7 Å². The fraction of sp³-hybridized carbons (Fsp3) is 0.533. The Bertz CT molecular complexity index is 2060. The predicted molar refractivity (Wildman–Crippen MR) is 276 cm³/mol. The molecule has 328 valence electrons. The zero-order chi connectivity index (χ0) is 45.0. The summed E-state index contributed by atoms with van der Waals surface area (Å²) in [5, 5.41) is 0. The highest BCUT2D eigenvalue weighted by atomic mass is 28.2. The molecule has 2 aliphatic carbocycles. The number of hydrogen-bond donors (Lipinski definition) is 0. The van der Waals surface area contributed by atoms with E-state index in [1.807, 2.05) is 0 Å². The molecule has 0 radical (unpaired) electrons. The first kappa shape index (κ1) is 47.1. The molecule has 0 heterocycles. The minimum absolute atomic E-state index is 0.0816. The summed E-state index contributed by atoms with van der Waals surface area (Å²) in [7, 11) is -0.425. The van der Waals surface area contributed by atoms with Crippen LogP contribution in [0.4, 0.5) is 0 Å². The summed E-state index contributed by atoms with van der Waals surface area (Å²) in [6.45, 7) is 42.9. The van der Waals surface area contributed by atoms with Gasteiger partial charge in [-0.25, -0.2) is 0 Å². The molecule has 0 bridgehead atoms. The molecule has 0 nitrogen and oxygen atoms in total. The molecule has 0 amide bonds. The van der Waals surface area contributed by atoms with E-state index in [0.717, 1.165) is 25.7 Å². The molecule has 6 rings (SSSR count). The lowest BCUT2D eigenvalue weighted by molar-refractivity contribution is 0.568. The average molecular weight is 833 g/mol. The van der Waals surface area contributed by atoms with Gasteiger partial charge in [-0.05, 0) is 124 Å². The molecule has 0 fully saturated rings. The Morgan fingerprint density at radius 1 is 0.459 bits per heavy atom. The van der Waals surface area contributed by atoms with Crippen molar-refractivity contribution in [1.82, 2.24) is 0 Å². The van der Waals surface area contributed by atoms with Gasteiger partial charge in [-0.3, -0.25) is 0 Å². The maximum atomic E-state index is 2.66. The number of aryl methyl sites for hydroxylation is 2. The van der Waals surface area contributed by atoms with E-state index in [2.05, 4.69) is 197 Å². The second-order valence-electron chi connectivity index (χ2n) is 23.9. The van der Waals surface area contributed by atoms with Crippen LogP contribution < -0.4 is 0 Å². The van der Waals surface area contributed by atoms with Gasteiger partial charge in [-0.15, -0.1) is 0 Å². The van der Waals surface area contributed by atoms with Crippen LogP contribution in [0.25, 0.3) is 34.4 Å². The van der Waals surface area contributed by atoms with Gasteiger partial charge < -0.3 is 0 Å². The Balaban J connectivity index is 1.41. The van der Waals surface area contributed by atoms with E-state index in [4.69, 9.17) is 0 Å². The summed E-state index contributed by atoms with van der Waals surface area (Å²) in [5.41, 5.74) is 24.5. The van der Waals surface area contributed by atoms with Crippen LogP contribution in [0.2, 0.25) is 12.1 Å². The Hall–Kier alpha value is -3.42. The van der Waals surface area contributed by atoms with Gasteiger partial charge in [0.15, 0.2) is 0 Å². The zero-order valence-corrected chi connectivity index (χ0v) is 43.6. The second kappa shape index (κ2) is 17.6. The molecule has 4 aromatic rings. The Morgan fingerprint density at radius 2 is 0.770 bits per heavy atom. The van der Waals surface area contributed by atoms with Crippen molar-refractivity contribution in [2.24, 2.45) is 11.8 Å². The largest absolute Gasteiger partial charge is 0.0651 e. The van der Waals surface area contributed by atoms with E-state index in [0.29, 0.717) is 23.7 Å². The molecule has 0 aliphatic heterocycles. The lowest BCUT2D eigenvalue weighted by atomic mass is 9.77. The molecular weight excluding hydrogens is 749 g/mol. The molecule has 0 saturated carbocycles. The zero-order valence-electron chi connectivity index (χ0n) is 42.2. The number of benzene rings is 4. The highest BCUT2D eigenvalue weighted by Crippen LogP contribution is 2.51. The topological polar surface area (TPSA) is 0 Å². The second-order valence-corrected chi connectivity index (χ2v) is 25.8. The Labute approximate surface area is 377 Å². The first-order valence-corrected chi connectivity index (χ1v) is 26.4. The quantitative estimate of drug-likeness (QED) is 0.125. The number of fused-ring (bicyclic) bond motifs is 2. The van der Waals surface area contributed by atoms with Crippen molar-refractivity contribution >= 4 is 21.7 Å². The van der Waals surface area contributed by atoms with Crippen LogP contribution in [0.1, 0.15) is 205 Å². The molecule has 0 aromatic heterocycles. The van der Waals surface area contributed by atoms with E-state index in [9.17, 15) is 0 Å². The summed E-state index contributed by atoms with van der Waals surface area (Å²) in [5.74, 6) is 2.10. The van der Waals surface area contributed by atoms with Crippen molar-refractivity contribution < 1.29 is 0 Å². The summed E-state index contributed by atoms with van der Waals surface area (Å²) in [6, 6.07) is 27.9. The molecule has 0 spiro atoms. The SMILES string of the molecule is CCCc1ccc2c(c1-c1cc(C(C)(C)C)cc(C(C)(C)C)c1)C=C(C(C)C)C2C[SiH2]CC1C(C(C)C)=Cc2c1ccc(CCC)c2-c1cc(C(C)(C)C)cc(C(C)(C)C)c1. The first-order chi connectivity index (χ1) is 28.3. The van der Waals surface area contributed by atoms with Crippen LogP contribution in [0.5, 0.6) is 0 Å². The molecule has 4 aromatic carbocycles. The molecule has 1 heteroatoms. The molecule has 61 heavy (non-hydrogen) atoms. The van der Waals surface area contributed by atoms with Gasteiger partial charge in [-0.1, -0.05) is 234 Å². The van der Waals surface area contributed by atoms with Gasteiger partial charge in [0.05, 0.1) is 0 Å². The highest BCUT2D eigenvalue weighted by molar-refractivity contribution is 6.36. The van der Waals surface area contributed by atoms with Gasteiger partial charge in [-0.2, -0.15) is 0 Å². The van der Waals surface area contributed by atoms with Crippen molar-refractivity contribution in [3.63, 3.8) is 0 Å². The van der Waals surface area contributed by atoms with Gasteiger partial charge >= 0.3 is 0 Å². The molecule has 0 N–H and O–H groups in total. The smallest absolute Gasteiger partial charge is 0.0218 e. The van der Waals surface area contributed by atoms with Crippen molar-refractivity contribution in [2.75, 3.05) is 0 Å². The minimum atomic E-state index is -0.425. The van der Waals surface area contributed by atoms with Crippen molar-refractivity contribution in [3.8, 4) is 22.3 Å². The fourth-order valence-corrected chi connectivity index (χ4v) is 12.7. The lowest BCUT2D eigenvalue weighted by Crippen LogP contribution is -2.16. The maximum absolute atomic E-state index is 2.66. The van der Waals surface area contributed by atoms with Crippen LogP contribution in [0.3, 0.4) is 0 Å². The van der Waals surface area contributed by atoms with Crippen LogP contribution >= 0.6 is 0 Å².